The molecule has 3 aliphatic heterocycles. The van der Waals surface area contributed by atoms with E-state index in [0.29, 0.717) is 12.5 Å². The van der Waals surface area contributed by atoms with Crippen molar-refractivity contribution in [3.05, 3.63) is 52.2 Å². The molecular formula is C30H38F3NO6S. The minimum absolute atomic E-state index is 0.0403. The lowest BCUT2D eigenvalue weighted by molar-refractivity contribution is -0.946. The van der Waals surface area contributed by atoms with Crippen LogP contribution in [0.15, 0.2) is 41.8 Å². The molecule has 2 bridgehead atoms. The number of hydrogen-bond acceptors (Lipinski definition) is 7. The Labute approximate surface area is 242 Å². The number of fused-ring (bicyclic) bond motifs is 3. The molecule has 1 N–H and O–H groups in total. The van der Waals surface area contributed by atoms with Gasteiger partial charge in [0.25, 0.3) is 0 Å². The highest BCUT2D eigenvalue weighted by Crippen LogP contribution is 2.44. The highest BCUT2D eigenvalue weighted by molar-refractivity contribution is 7.10. The van der Waals surface area contributed by atoms with Crippen molar-refractivity contribution in [3.8, 4) is 5.75 Å². The summed E-state index contributed by atoms with van der Waals surface area (Å²) in [6.07, 6.45) is 1.80. The molecule has 0 amide bonds. The van der Waals surface area contributed by atoms with Crippen LogP contribution in [0, 0.1) is 18.8 Å². The third-order valence-corrected chi connectivity index (χ3v) is 9.81. The Morgan fingerprint density at radius 2 is 1.73 bits per heavy atom. The van der Waals surface area contributed by atoms with E-state index in [1.54, 1.807) is 0 Å². The normalized spacial score (nSPS) is 25.6. The van der Waals surface area contributed by atoms with Crippen molar-refractivity contribution >= 4 is 23.3 Å². The fourth-order valence-corrected chi connectivity index (χ4v) is 7.39. The van der Waals surface area contributed by atoms with Gasteiger partial charge in [-0.2, -0.15) is 13.2 Å². The lowest BCUT2D eigenvalue weighted by Crippen LogP contribution is -2.65. The number of nitrogens with zero attached hydrogens (tertiary/aromatic N) is 1. The summed E-state index contributed by atoms with van der Waals surface area (Å²) in [4.78, 5) is 23.1. The minimum Gasteiger partial charge on any atom is -0.542 e. The molecule has 3 saturated heterocycles. The fraction of sp³-hybridized carbons (Fsp3) is 0.600. The van der Waals surface area contributed by atoms with Gasteiger partial charge in [-0.05, 0) is 42.8 Å². The van der Waals surface area contributed by atoms with Crippen LogP contribution in [0.5, 0.6) is 5.75 Å². The number of carbonyl (C=O) groups is 2. The average Bonchev–Trinajstić information content (AvgIpc) is 3.68. The predicted octanol–water partition coefficient (Wildman–Crippen LogP) is 4.35. The van der Waals surface area contributed by atoms with Crippen LogP contribution in [0.1, 0.15) is 55.4 Å². The van der Waals surface area contributed by atoms with Gasteiger partial charge < -0.3 is 29.0 Å². The maximum Gasteiger partial charge on any atom is 0.430 e. The second kappa shape index (κ2) is 13.1. The molecule has 1 aromatic carbocycles. The van der Waals surface area contributed by atoms with Crippen molar-refractivity contribution < 1.29 is 46.9 Å². The molecule has 0 unspecified atom stereocenters. The van der Waals surface area contributed by atoms with E-state index in [9.17, 15) is 23.1 Å². The SMILES string of the molecule is Cc1ccccc1OCCC[N+]12CCC(CC1)[C@@H](OC(=O)[C@](O)(c1cccs1)C1CCCC1)C2.O=C([O-])C(F)(F)F. The van der Waals surface area contributed by atoms with Gasteiger partial charge in [0.05, 0.1) is 26.2 Å². The zero-order valence-electron chi connectivity index (χ0n) is 23.2. The summed E-state index contributed by atoms with van der Waals surface area (Å²) < 4.78 is 44.8. The summed E-state index contributed by atoms with van der Waals surface area (Å²) in [5.41, 5.74) is -0.330. The van der Waals surface area contributed by atoms with E-state index in [1.807, 2.05) is 35.7 Å². The Morgan fingerprint density at radius 1 is 1.07 bits per heavy atom. The lowest BCUT2D eigenvalue weighted by atomic mass is 9.82. The number of ether oxygens (including phenoxy) is 2. The second-order valence-corrected chi connectivity index (χ2v) is 12.4. The summed E-state index contributed by atoms with van der Waals surface area (Å²) >= 11 is 1.47. The number of aliphatic hydroxyl groups is 1. The van der Waals surface area contributed by atoms with Gasteiger partial charge in [-0.3, -0.25) is 0 Å². The van der Waals surface area contributed by atoms with Gasteiger partial charge in [0.1, 0.15) is 18.3 Å². The summed E-state index contributed by atoms with van der Waals surface area (Å²) in [5, 5.41) is 22.4. The molecule has 1 aliphatic carbocycles. The monoisotopic (exact) mass is 597 g/mol. The molecule has 4 fully saturated rings. The number of quaternary nitrogens is 1. The molecule has 1 saturated carbocycles. The first kappa shape index (κ1) is 31.3. The van der Waals surface area contributed by atoms with E-state index in [1.165, 1.54) is 16.9 Å². The van der Waals surface area contributed by atoms with Gasteiger partial charge in [-0.15, -0.1) is 11.3 Å². The number of aliphatic carboxylic acids is 1. The average molecular weight is 598 g/mol. The lowest BCUT2D eigenvalue weighted by Gasteiger charge is -2.52. The number of alkyl halides is 3. The standard InChI is InChI=1S/C28H38NO4S.C2HF3O2/c1-21-8-2-5-11-24(21)32-18-7-15-29-16-13-22(14-17-29)25(20-29)33-27(30)28(31,23-9-3-4-10-23)26-12-6-19-34-26;3-2(4,5)1(6)7/h2,5-6,8,11-12,19,22-23,25,31H,3-4,7,9-10,13-18,20H2,1H3;(H,6,7)/q+1;/p-1/t22?,25-,28+,29?;/m0./s1. The van der Waals surface area contributed by atoms with Crippen LogP contribution in [0.3, 0.4) is 0 Å². The summed E-state index contributed by atoms with van der Waals surface area (Å²) in [6.45, 7) is 7.01. The zero-order valence-corrected chi connectivity index (χ0v) is 24.1. The number of hydrogen-bond donors (Lipinski definition) is 1. The van der Waals surface area contributed by atoms with Crippen LogP contribution in [-0.2, 0) is 19.9 Å². The Bertz CT molecular complexity index is 1160. The number of esters is 1. The van der Waals surface area contributed by atoms with Crippen LogP contribution in [0.25, 0.3) is 0 Å². The molecule has 4 aliphatic rings. The van der Waals surface area contributed by atoms with Crippen molar-refractivity contribution in [1.29, 1.82) is 0 Å². The van der Waals surface area contributed by atoms with Crippen LogP contribution >= 0.6 is 11.3 Å². The third-order valence-electron chi connectivity index (χ3n) is 8.81. The van der Waals surface area contributed by atoms with Gasteiger partial charge in [-0.1, -0.05) is 37.1 Å². The number of carboxylic acid groups (broad SMARTS) is 1. The molecule has 2 aromatic rings. The third kappa shape index (κ3) is 7.42. The van der Waals surface area contributed by atoms with E-state index in [4.69, 9.17) is 19.4 Å². The van der Waals surface area contributed by atoms with Crippen molar-refractivity contribution in [2.45, 2.75) is 69.8 Å². The van der Waals surface area contributed by atoms with Crippen LogP contribution < -0.4 is 9.84 Å². The van der Waals surface area contributed by atoms with E-state index in [2.05, 4.69) is 13.0 Å². The van der Waals surface area contributed by atoms with E-state index < -0.39 is 23.7 Å². The van der Waals surface area contributed by atoms with Crippen molar-refractivity contribution in [3.63, 3.8) is 0 Å². The molecule has 0 radical (unpaired) electrons. The molecule has 4 heterocycles. The largest absolute Gasteiger partial charge is 0.542 e. The molecule has 2 atom stereocenters. The molecule has 1 aromatic heterocycles. The van der Waals surface area contributed by atoms with Crippen molar-refractivity contribution in [1.82, 2.24) is 0 Å². The molecule has 41 heavy (non-hydrogen) atoms. The first-order valence-corrected chi connectivity index (χ1v) is 15.1. The molecule has 0 spiro atoms. The number of rotatable bonds is 9. The van der Waals surface area contributed by atoms with E-state index in [0.717, 1.165) is 86.2 Å². The van der Waals surface area contributed by atoms with E-state index in [-0.39, 0.29) is 12.0 Å². The van der Waals surface area contributed by atoms with Crippen molar-refractivity contribution in [2.75, 3.05) is 32.8 Å². The Balaban J connectivity index is 0.000000493. The molecule has 7 nitrogen and oxygen atoms in total. The highest BCUT2D eigenvalue weighted by atomic mass is 32.1. The zero-order chi connectivity index (χ0) is 29.7. The summed E-state index contributed by atoms with van der Waals surface area (Å²) in [5.74, 6) is -2.08. The first-order valence-electron chi connectivity index (χ1n) is 14.2. The van der Waals surface area contributed by atoms with Crippen LogP contribution in [-0.4, -0.2) is 66.6 Å². The van der Waals surface area contributed by atoms with Gasteiger partial charge in [0.2, 0.25) is 0 Å². The quantitative estimate of drug-likeness (QED) is 0.262. The number of aryl methyl sites for hydroxylation is 1. The van der Waals surface area contributed by atoms with Gasteiger partial charge >= 0.3 is 12.1 Å². The Morgan fingerprint density at radius 3 is 2.32 bits per heavy atom. The number of carboxylic acids is 1. The predicted molar refractivity (Wildman–Crippen MR) is 145 cm³/mol. The maximum atomic E-state index is 13.6. The topological polar surface area (TPSA) is 95.9 Å². The van der Waals surface area contributed by atoms with Gasteiger partial charge in [0.15, 0.2) is 11.7 Å². The summed E-state index contributed by atoms with van der Waals surface area (Å²) in [6, 6.07) is 12.0. The molecule has 11 heteroatoms. The maximum absolute atomic E-state index is 13.6. The van der Waals surface area contributed by atoms with Crippen molar-refractivity contribution in [2.24, 2.45) is 11.8 Å². The van der Waals surface area contributed by atoms with E-state index >= 15 is 0 Å². The number of piperidine rings is 3. The number of carbonyl (C=O) groups excluding carboxylic acids is 2. The van der Waals surface area contributed by atoms with Gasteiger partial charge in [-0.25, -0.2) is 4.79 Å². The molecule has 226 valence electrons. The highest BCUT2D eigenvalue weighted by Gasteiger charge is 2.53. The van der Waals surface area contributed by atoms with Gasteiger partial charge in [0, 0.05) is 36.0 Å². The van der Waals surface area contributed by atoms with Crippen LogP contribution in [0.2, 0.25) is 0 Å². The van der Waals surface area contributed by atoms with Crippen LogP contribution in [0.4, 0.5) is 13.2 Å². The number of halogens is 3. The minimum atomic E-state index is -5.19. The smallest absolute Gasteiger partial charge is 0.430 e. The molecular weight excluding hydrogens is 559 g/mol. The number of thiophene rings is 1. The number of para-hydroxylation sites is 1. The Kier molecular flexibility index (Phi) is 10.0. The number of benzene rings is 1. The summed E-state index contributed by atoms with van der Waals surface area (Å²) in [7, 11) is 0. The fourth-order valence-electron chi connectivity index (χ4n) is 6.50. The second-order valence-electron chi connectivity index (χ2n) is 11.5. The first-order chi connectivity index (χ1) is 19.4. The molecule has 6 rings (SSSR count). The Hall–Kier alpha value is -2.63.